The third-order valence-electron chi connectivity index (χ3n) is 1.49. The lowest BCUT2D eigenvalue weighted by Gasteiger charge is -2.02. The standard InChI is InChI=1S/C7H7F2N3O3/c8-3(9)1-10-6(13)4-5(7(14)15)12-2-11-4/h2-3H,1H2,(H,10,13)(H,11,12)(H,14,15). The third kappa shape index (κ3) is 2.73. The molecule has 1 heterocycles. The fourth-order valence-electron chi connectivity index (χ4n) is 0.883. The molecule has 0 aliphatic heterocycles. The van der Waals surface area contributed by atoms with Gasteiger partial charge in [0.05, 0.1) is 12.9 Å². The second-order valence-electron chi connectivity index (χ2n) is 2.53. The van der Waals surface area contributed by atoms with Crippen LogP contribution < -0.4 is 5.32 Å². The Morgan fingerprint density at radius 3 is 2.80 bits per heavy atom. The normalized spacial score (nSPS) is 10.3. The first-order chi connectivity index (χ1) is 7.02. The molecule has 6 nitrogen and oxygen atoms in total. The molecule has 82 valence electrons. The summed E-state index contributed by atoms with van der Waals surface area (Å²) in [6.45, 7) is -0.843. The molecule has 8 heteroatoms. The second-order valence-corrected chi connectivity index (χ2v) is 2.53. The quantitative estimate of drug-likeness (QED) is 0.669. The monoisotopic (exact) mass is 219 g/mol. The van der Waals surface area contributed by atoms with Crippen LogP contribution in [0.5, 0.6) is 0 Å². The van der Waals surface area contributed by atoms with Crippen LogP contribution >= 0.6 is 0 Å². The van der Waals surface area contributed by atoms with Crippen LogP contribution in [0.2, 0.25) is 0 Å². The summed E-state index contributed by atoms with van der Waals surface area (Å²) in [5, 5.41) is 10.4. The van der Waals surface area contributed by atoms with Gasteiger partial charge in [-0.2, -0.15) is 0 Å². The predicted octanol–water partition coefficient (Wildman–Crippen LogP) is 0.103. The highest BCUT2D eigenvalue weighted by molar-refractivity contribution is 6.02. The lowest BCUT2D eigenvalue weighted by atomic mass is 10.3. The predicted molar refractivity (Wildman–Crippen MR) is 43.9 cm³/mol. The number of nitrogens with one attached hydrogen (secondary N) is 2. The van der Waals surface area contributed by atoms with Crippen LogP contribution in [0.1, 0.15) is 21.0 Å². The maximum absolute atomic E-state index is 11.7. The summed E-state index contributed by atoms with van der Waals surface area (Å²) in [4.78, 5) is 27.3. The van der Waals surface area contributed by atoms with E-state index in [0.29, 0.717) is 0 Å². The van der Waals surface area contributed by atoms with Crippen LogP contribution in [0.4, 0.5) is 8.78 Å². The Bertz CT molecular complexity index is 377. The van der Waals surface area contributed by atoms with Gasteiger partial charge in [-0.1, -0.05) is 0 Å². The van der Waals surface area contributed by atoms with Crippen molar-refractivity contribution >= 4 is 11.9 Å². The molecular weight excluding hydrogens is 212 g/mol. The lowest BCUT2D eigenvalue weighted by Crippen LogP contribution is -2.30. The zero-order chi connectivity index (χ0) is 11.4. The van der Waals surface area contributed by atoms with E-state index in [9.17, 15) is 18.4 Å². The van der Waals surface area contributed by atoms with Gasteiger partial charge in [-0.25, -0.2) is 18.6 Å². The van der Waals surface area contributed by atoms with Gasteiger partial charge in [0, 0.05) is 0 Å². The summed E-state index contributed by atoms with van der Waals surface area (Å²) in [6, 6.07) is 0. The number of hydrogen-bond donors (Lipinski definition) is 3. The van der Waals surface area contributed by atoms with Crippen molar-refractivity contribution < 1.29 is 23.5 Å². The number of aromatic amines is 1. The summed E-state index contributed by atoms with van der Waals surface area (Å²) in [6.07, 6.45) is -1.69. The molecule has 15 heavy (non-hydrogen) atoms. The molecule has 0 aliphatic carbocycles. The maximum Gasteiger partial charge on any atom is 0.354 e. The number of halogens is 2. The molecule has 0 fully saturated rings. The lowest BCUT2D eigenvalue weighted by molar-refractivity contribution is 0.0684. The molecule has 0 aromatic carbocycles. The van der Waals surface area contributed by atoms with Crippen molar-refractivity contribution in [3.05, 3.63) is 17.7 Å². The first-order valence-electron chi connectivity index (χ1n) is 3.85. The van der Waals surface area contributed by atoms with E-state index >= 15 is 0 Å². The summed E-state index contributed by atoms with van der Waals surface area (Å²) in [5.74, 6) is -2.33. The van der Waals surface area contributed by atoms with Crippen molar-refractivity contribution in [3.63, 3.8) is 0 Å². The fourth-order valence-corrected chi connectivity index (χ4v) is 0.883. The Balaban J connectivity index is 2.73. The van der Waals surface area contributed by atoms with Gasteiger partial charge in [0.25, 0.3) is 12.3 Å². The number of carboxylic acid groups (broad SMARTS) is 1. The number of rotatable bonds is 4. The Hall–Kier alpha value is -1.99. The van der Waals surface area contributed by atoms with Gasteiger partial charge < -0.3 is 15.4 Å². The first-order valence-corrected chi connectivity index (χ1v) is 3.85. The number of nitrogens with zero attached hydrogens (tertiary/aromatic N) is 1. The number of imidazole rings is 1. The van der Waals surface area contributed by atoms with Gasteiger partial charge in [0.15, 0.2) is 11.4 Å². The van der Waals surface area contributed by atoms with Gasteiger partial charge in [0.2, 0.25) is 0 Å². The molecule has 0 saturated carbocycles. The van der Waals surface area contributed by atoms with Gasteiger partial charge >= 0.3 is 5.97 Å². The van der Waals surface area contributed by atoms with Crippen molar-refractivity contribution in [2.75, 3.05) is 6.54 Å². The number of carbonyl (C=O) groups excluding carboxylic acids is 1. The van der Waals surface area contributed by atoms with E-state index in [1.165, 1.54) is 0 Å². The Kier molecular flexibility index (Phi) is 3.32. The summed E-state index contributed by atoms with van der Waals surface area (Å²) < 4.78 is 23.5. The average molecular weight is 219 g/mol. The Morgan fingerprint density at radius 2 is 2.27 bits per heavy atom. The van der Waals surface area contributed by atoms with Gasteiger partial charge in [-0.05, 0) is 0 Å². The van der Waals surface area contributed by atoms with Crippen LogP contribution in [0, 0.1) is 0 Å². The topological polar surface area (TPSA) is 95.1 Å². The average Bonchev–Trinajstić information content (AvgIpc) is 2.62. The van der Waals surface area contributed by atoms with E-state index in [-0.39, 0.29) is 0 Å². The van der Waals surface area contributed by atoms with Crippen molar-refractivity contribution in [3.8, 4) is 0 Å². The van der Waals surface area contributed by atoms with Crippen molar-refractivity contribution in [1.29, 1.82) is 0 Å². The van der Waals surface area contributed by atoms with E-state index in [1.807, 2.05) is 5.32 Å². The molecule has 1 rings (SSSR count). The molecule has 0 atom stereocenters. The van der Waals surface area contributed by atoms with Gasteiger partial charge in [-0.3, -0.25) is 4.79 Å². The molecule has 0 unspecified atom stereocenters. The van der Waals surface area contributed by atoms with Gasteiger partial charge in [-0.15, -0.1) is 0 Å². The minimum Gasteiger partial charge on any atom is -0.477 e. The number of carbonyl (C=O) groups is 2. The molecule has 1 aromatic heterocycles. The van der Waals surface area contributed by atoms with E-state index < -0.39 is 36.2 Å². The molecular formula is C7H7F2N3O3. The second kappa shape index (κ2) is 4.49. The van der Waals surface area contributed by atoms with Gasteiger partial charge in [0.1, 0.15) is 0 Å². The number of aromatic carboxylic acids is 1. The highest BCUT2D eigenvalue weighted by atomic mass is 19.3. The number of alkyl halides is 2. The van der Waals surface area contributed by atoms with E-state index in [4.69, 9.17) is 5.11 Å². The first kappa shape index (κ1) is 11.1. The number of carboxylic acids is 1. The van der Waals surface area contributed by atoms with Crippen LogP contribution in [0.3, 0.4) is 0 Å². The molecule has 1 aromatic rings. The zero-order valence-electron chi connectivity index (χ0n) is 7.33. The van der Waals surface area contributed by atoms with Crippen molar-refractivity contribution in [1.82, 2.24) is 15.3 Å². The van der Waals surface area contributed by atoms with Crippen LogP contribution in [-0.2, 0) is 0 Å². The van der Waals surface area contributed by atoms with E-state index in [0.717, 1.165) is 6.33 Å². The smallest absolute Gasteiger partial charge is 0.354 e. The van der Waals surface area contributed by atoms with Crippen LogP contribution in [0.15, 0.2) is 6.33 Å². The molecule has 0 spiro atoms. The molecule has 0 radical (unpaired) electrons. The van der Waals surface area contributed by atoms with E-state index in [1.54, 1.807) is 0 Å². The number of hydrogen-bond acceptors (Lipinski definition) is 3. The summed E-state index contributed by atoms with van der Waals surface area (Å²) in [5.41, 5.74) is -0.843. The molecule has 0 bridgehead atoms. The largest absolute Gasteiger partial charge is 0.477 e. The fraction of sp³-hybridized carbons (Fsp3) is 0.286. The molecule has 0 saturated heterocycles. The van der Waals surface area contributed by atoms with Crippen LogP contribution in [0.25, 0.3) is 0 Å². The third-order valence-corrected chi connectivity index (χ3v) is 1.49. The highest BCUT2D eigenvalue weighted by Crippen LogP contribution is 2.02. The number of aromatic nitrogens is 2. The number of amides is 1. The number of H-pyrrole nitrogens is 1. The summed E-state index contributed by atoms with van der Waals surface area (Å²) in [7, 11) is 0. The molecule has 0 aliphatic rings. The molecule has 3 N–H and O–H groups in total. The highest BCUT2D eigenvalue weighted by Gasteiger charge is 2.19. The minimum atomic E-state index is -2.69. The van der Waals surface area contributed by atoms with Crippen molar-refractivity contribution in [2.24, 2.45) is 0 Å². The van der Waals surface area contributed by atoms with Crippen molar-refractivity contribution in [2.45, 2.75) is 6.43 Å². The minimum absolute atomic E-state index is 0.414. The van der Waals surface area contributed by atoms with Crippen LogP contribution in [-0.4, -0.2) is 39.9 Å². The summed E-state index contributed by atoms with van der Waals surface area (Å²) >= 11 is 0. The SMILES string of the molecule is O=C(NCC(F)F)c1nc[nH]c1C(=O)O. The molecule has 1 amide bonds. The zero-order valence-corrected chi connectivity index (χ0v) is 7.33. The Morgan fingerprint density at radius 1 is 1.60 bits per heavy atom. The van der Waals surface area contributed by atoms with E-state index in [2.05, 4.69) is 9.97 Å². The maximum atomic E-state index is 11.7. The Labute approximate surface area is 82.3 Å².